The zero-order valence-electron chi connectivity index (χ0n) is 53.8. The topological polar surface area (TPSA) is 146 Å². The molecule has 0 fully saturated rings. The minimum atomic E-state index is -0.0570. The van der Waals surface area contributed by atoms with E-state index in [1.165, 1.54) is 22.3 Å². The molecule has 0 saturated heterocycles. The van der Waals surface area contributed by atoms with Gasteiger partial charge in [0, 0.05) is 54.6 Å². The van der Waals surface area contributed by atoms with Gasteiger partial charge in [-0.25, -0.2) is 29.9 Å². The van der Waals surface area contributed by atoms with Crippen LogP contribution in [0.15, 0.2) is 194 Å². The van der Waals surface area contributed by atoms with E-state index in [1.807, 2.05) is 84.9 Å². The second kappa shape index (κ2) is 21.5. The predicted octanol–water partition coefficient (Wildman–Crippen LogP) is 21.5. The number of aromatic nitrogens is 8. The Balaban J connectivity index is 1.02. The number of hydrogen-bond acceptors (Lipinski definition) is 10. The van der Waals surface area contributed by atoms with E-state index in [0.29, 0.717) is 103 Å². The molecular formula is C80H70N8O4. The minimum absolute atomic E-state index is 0.0542. The number of aromatic amines is 2. The van der Waals surface area contributed by atoms with E-state index in [0.717, 1.165) is 54.2 Å². The first-order valence-electron chi connectivity index (χ1n) is 31.4. The van der Waals surface area contributed by atoms with Crippen molar-refractivity contribution in [2.45, 2.75) is 105 Å². The molecule has 10 aromatic carbocycles. The Labute approximate surface area is 534 Å². The number of H-pyrrole nitrogens is 2. The van der Waals surface area contributed by atoms with Gasteiger partial charge in [0.2, 0.25) is 0 Å². The predicted molar refractivity (Wildman–Crippen MR) is 372 cm³/mol. The molecule has 13 aromatic rings. The molecule has 454 valence electrons. The molecule has 3 aromatic heterocycles. The lowest BCUT2D eigenvalue weighted by Crippen LogP contribution is -2.10. The second-order valence-electron chi connectivity index (χ2n) is 28.2. The Kier molecular flexibility index (Phi) is 13.5. The highest BCUT2D eigenvalue weighted by Gasteiger charge is 2.28. The first kappa shape index (κ1) is 57.7. The van der Waals surface area contributed by atoms with Gasteiger partial charge in [-0.2, -0.15) is 0 Å². The van der Waals surface area contributed by atoms with Crippen molar-refractivity contribution < 1.29 is 18.9 Å². The molecule has 8 bridgehead atoms. The van der Waals surface area contributed by atoms with Crippen LogP contribution < -0.4 is 18.9 Å². The number of nitrogens with zero attached hydrogens (tertiary/aromatic N) is 6. The lowest BCUT2D eigenvalue weighted by atomic mass is 9.87. The Morgan fingerprint density at radius 1 is 0.283 bits per heavy atom. The van der Waals surface area contributed by atoms with Crippen molar-refractivity contribution in [2.24, 2.45) is 0 Å². The van der Waals surface area contributed by atoms with E-state index in [4.69, 9.17) is 48.9 Å². The molecule has 12 nitrogen and oxygen atoms in total. The molecule has 12 heteroatoms. The third-order valence-electron chi connectivity index (χ3n) is 17.5. The Bertz CT molecular complexity index is 5280. The van der Waals surface area contributed by atoms with E-state index in [-0.39, 0.29) is 21.7 Å². The average molecular weight is 1210 g/mol. The molecule has 5 heterocycles. The molecule has 0 atom stereocenters. The number of rotatable bonds is 8. The summed E-state index contributed by atoms with van der Waals surface area (Å²) in [6.45, 7) is 26.4. The third kappa shape index (κ3) is 10.7. The zero-order valence-corrected chi connectivity index (χ0v) is 53.8. The molecular weight excluding hydrogens is 1140 g/mol. The van der Waals surface area contributed by atoms with Gasteiger partial charge in [-0.3, -0.25) is 0 Å². The van der Waals surface area contributed by atoms with Gasteiger partial charge in [0.25, 0.3) is 0 Å². The van der Waals surface area contributed by atoms with Crippen molar-refractivity contribution in [3.05, 3.63) is 216 Å². The van der Waals surface area contributed by atoms with Crippen LogP contribution in [0.3, 0.4) is 0 Å². The highest BCUT2D eigenvalue weighted by molar-refractivity contribution is 6.19. The molecule has 0 amide bonds. The minimum Gasteiger partial charge on any atom is -0.453 e. The van der Waals surface area contributed by atoms with Gasteiger partial charge in [-0.15, -0.1) is 0 Å². The maximum atomic E-state index is 6.94. The maximum absolute atomic E-state index is 6.94. The highest BCUT2D eigenvalue weighted by Crippen LogP contribution is 2.48. The van der Waals surface area contributed by atoms with E-state index in [1.54, 1.807) is 0 Å². The molecule has 0 spiro atoms. The summed E-state index contributed by atoms with van der Waals surface area (Å²) in [5, 5.41) is 7.05. The SMILES string of the molecule is CC(C)(C)c1ccc(Oc2cc3c(cc2Oc2ccc(C(C)(C)C)cc2)-c2nc-3nc3[nH]c(nc4[nH]c(nc5nc(n2)c2cccc6cccc5c62)c2cc(Oc5ccc(C(C)(C)C)cc5)c(Oc5ccc(C(C)(C)C)cc5)cc42)-c2cccc4cccc-3c24)cc1. The van der Waals surface area contributed by atoms with E-state index >= 15 is 0 Å². The zero-order chi connectivity index (χ0) is 63.6. The molecule has 2 N–H and O–H groups in total. The normalized spacial score (nSPS) is 12.6. The summed E-state index contributed by atoms with van der Waals surface area (Å²) < 4.78 is 27.7. The van der Waals surface area contributed by atoms with Crippen molar-refractivity contribution in [2.75, 3.05) is 0 Å². The van der Waals surface area contributed by atoms with Crippen LogP contribution in [0.25, 0.3) is 111 Å². The number of ether oxygens (including phenoxy) is 4. The molecule has 0 radical (unpaired) electrons. The summed E-state index contributed by atoms with van der Waals surface area (Å²) in [7, 11) is 0. The molecule has 2 aliphatic heterocycles. The number of benzene rings is 10. The Morgan fingerprint density at radius 3 is 1.04 bits per heavy atom. The van der Waals surface area contributed by atoms with Crippen molar-refractivity contribution in [3.8, 4) is 91.5 Å². The summed E-state index contributed by atoms with van der Waals surface area (Å²) in [6, 6.07) is 65.7. The summed E-state index contributed by atoms with van der Waals surface area (Å²) >= 11 is 0. The average Bonchev–Trinajstić information content (AvgIpc) is 1.04. The van der Waals surface area contributed by atoms with Crippen LogP contribution in [0, 0.1) is 0 Å². The third-order valence-corrected chi connectivity index (χ3v) is 17.5. The second-order valence-corrected chi connectivity index (χ2v) is 28.2. The van der Waals surface area contributed by atoms with Gasteiger partial charge in [0.15, 0.2) is 45.9 Å². The van der Waals surface area contributed by atoms with Crippen molar-refractivity contribution in [1.82, 2.24) is 39.9 Å². The number of pyridine rings is 2. The Morgan fingerprint density at radius 2 is 0.630 bits per heavy atom. The van der Waals surface area contributed by atoms with Crippen molar-refractivity contribution >= 4 is 65.7 Å². The molecule has 0 unspecified atom stereocenters. The molecule has 15 rings (SSSR count). The molecule has 0 saturated carbocycles. The standard InChI is InChI=1S/C80H70N8O4/c1-77(2,3)47-25-33-51(34-26-47)89-63-41-59-60(42-64(63)90-52-35-27-48(28-36-52)78(4,5)6)74-84-70-56-22-14-19-46-20-16-24-58(68(46)56)72(82-70)86-76-62-44-66(92-54-39-31-50(32-40-54)80(10,11)12)65(91-53-37-29-49(30-38-53)79(7,8)9)43-61(62)75(88-76)85-71-57-23-15-18-45-17-13-21-55(67(45)57)69(81-71)83-73(59)87-74/h13-44H,1-12H3,(H2,81,82,83,84,85,86,87,88). The monoisotopic (exact) mass is 1210 g/mol. The lowest BCUT2D eigenvalue weighted by Gasteiger charge is -2.20. The molecule has 2 aliphatic rings. The van der Waals surface area contributed by atoms with E-state index in [2.05, 4.69) is 202 Å². The molecule has 0 aliphatic carbocycles. The van der Waals surface area contributed by atoms with Gasteiger partial charge in [0.05, 0.1) is 0 Å². The quantitative estimate of drug-likeness (QED) is 0.151. The van der Waals surface area contributed by atoms with Gasteiger partial charge in [0.1, 0.15) is 45.9 Å². The smallest absolute Gasteiger partial charge is 0.170 e. The van der Waals surface area contributed by atoms with E-state index < -0.39 is 0 Å². The lowest BCUT2D eigenvalue weighted by molar-refractivity contribution is 0.418. The first-order valence-corrected chi connectivity index (χ1v) is 31.4. The number of nitrogens with one attached hydrogen (secondary N) is 2. The maximum Gasteiger partial charge on any atom is 0.170 e. The van der Waals surface area contributed by atoms with Crippen LogP contribution >= 0.6 is 0 Å². The Hall–Kier alpha value is -10.7. The fourth-order valence-corrected chi connectivity index (χ4v) is 12.3. The summed E-state index contributed by atoms with van der Waals surface area (Å²) in [5.41, 5.74) is 9.49. The van der Waals surface area contributed by atoms with Crippen LogP contribution in [0.4, 0.5) is 0 Å². The van der Waals surface area contributed by atoms with Crippen LogP contribution in [-0.2, 0) is 21.7 Å². The fourth-order valence-electron chi connectivity index (χ4n) is 12.3. The molecule has 92 heavy (non-hydrogen) atoms. The van der Waals surface area contributed by atoms with Gasteiger partial charge in [-0.1, -0.05) is 204 Å². The highest BCUT2D eigenvalue weighted by atomic mass is 16.5. The number of fused-ring (bicyclic) bond motifs is 18. The largest absolute Gasteiger partial charge is 0.453 e. The van der Waals surface area contributed by atoms with Crippen molar-refractivity contribution in [3.63, 3.8) is 0 Å². The first-order chi connectivity index (χ1) is 44.0. The van der Waals surface area contributed by atoms with Crippen LogP contribution in [0.1, 0.15) is 105 Å². The van der Waals surface area contributed by atoms with Crippen LogP contribution in [0.2, 0.25) is 0 Å². The van der Waals surface area contributed by atoms with Gasteiger partial charge < -0.3 is 28.9 Å². The van der Waals surface area contributed by atoms with Crippen molar-refractivity contribution in [1.29, 1.82) is 0 Å². The summed E-state index contributed by atoms with van der Waals surface area (Å²) in [6.07, 6.45) is 0. The summed E-state index contributed by atoms with van der Waals surface area (Å²) in [5.74, 6) is 6.33. The number of hydrogen-bond donors (Lipinski definition) is 2. The fraction of sp³-hybridized carbons (Fsp3) is 0.200. The summed E-state index contributed by atoms with van der Waals surface area (Å²) in [4.78, 5) is 40.5. The van der Waals surface area contributed by atoms with E-state index in [9.17, 15) is 0 Å². The van der Waals surface area contributed by atoms with Gasteiger partial charge >= 0.3 is 0 Å². The van der Waals surface area contributed by atoms with Crippen LogP contribution in [-0.4, -0.2) is 39.9 Å². The van der Waals surface area contributed by atoms with Crippen LogP contribution in [0.5, 0.6) is 46.0 Å². The van der Waals surface area contributed by atoms with Gasteiger partial charge in [-0.05, 0) is 127 Å².